The van der Waals surface area contributed by atoms with Crippen LogP contribution in [0.2, 0.25) is 0 Å². The summed E-state index contributed by atoms with van der Waals surface area (Å²) in [5, 5.41) is 23.3. The molecule has 4 aromatic rings. The topological polar surface area (TPSA) is 117 Å². The maximum absolute atomic E-state index is 14.6. The van der Waals surface area contributed by atoms with Gasteiger partial charge in [0.05, 0.1) is 32.0 Å². The summed E-state index contributed by atoms with van der Waals surface area (Å²) in [5.74, 6) is -1.10. The summed E-state index contributed by atoms with van der Waals surface area (Å²) in [7, 11) is 1.37. The molecule has 0 radical (unpaired) electrons. The van der Waals surface area contributed by atoms with Gasteiger partial charge in [0.2, 0.25) is 5.60 Å². The number of nitriles is 1. The Morgan fingerprint density at radius 2 is 1.95 bits per heavy atom. The third-order valence-electron chi connectivity index (χ3n) is 7.29. The quantitative estimate of drug-likeness (QED) is 0.289. The van der Waals surface area contributed by atoms with Crippen LogP contribution >= 0.6 is 0 Å². The van der Waals surface area contributed by atoms with Crippen molar-refractivity contribution in [2.75, 3.05) is 20.3 Å². The number of aromatic nitrogens is 2. The Kier molecular flexibility index (Phi) is 7.24. The lowest BCUT2D eigenvalue weighted by atomic mass is 9.80. The summed E-state index contributed by atoms with van der Waals surface area (Å²) in [4.78, 5) is 21.4. The van der Waals surface area contributed by atoms with Crippen LogP contribution in [-0.4, -0.2) is 47.4 Å². The van der Waals surface area contributed by atoms with Crippen LogP contribution in [-0.2, 0) is 11.0 Å². The molecule has 42 heavy (non-hydrogen) atoms. The first-order chi connectivity index (χ1) is 19.9. The molecule has 0 bridgehead atoms. The molecule has 2 atom stereocenters. The van der Waals surface area contributed by atoms with Crippen LogP contribution in [0.4, 0.5) is 17.6 Å². The maximum atomic E-state index is 14.6. The Balaban J connectivity index is 1.58. The number of hydrogen-bond donors (Lipinski definition) is 2. The molecule has 216 valence electrons. The van der Waals surface area contributed by atoms with E-state index in [4.69, 9.17) is 9.47 Å². The van der Waals surface area contributed by atoms with E-state index in [2.05, 4.69) is 15.3 Å². The molecule has 0 aliphatic carbocycles. The number of nitrogens with one attached hydrogen (secondary N) is 1. The lowest BCUT2D eigenvalue weighted by Crippen LogP contribution is -2.51. The lowest BCUT2D eigenvalue weighted by molar-refractivity contribution is -0.265. The van der Waals surface area contributed by atoms with Gasteiger partial charge in [0, 0.05) is 40.1 Å². The van der Waals surface area contributed by atoms with E-state index in [1.807, 2.05) is 6.07 Å². The number of rotatable bonds is 7. The fourth-order valence-electron chi connectivity index (χ4n) is 4.86. The number of nitrogens with zero attached hydrogens (tertiary/aromatic N) is 3. The Morgan fingerprint density at radius 1 is 1.21 bits per heavy atom. The Labute approximate surface area is 237 Å². The SMILES string of the molecule is COc1cc(C(=O)NCC(O)(c2cc3c(c(-c4ccc(F)cc4)n2)OC[C@]3(C)CC#N)C(F)(F)F)cc2cccnc12. The molecule has 1 unspecified atom stereocenters. The van der Waals surface area contributed by atoms with Crippen molar-refractivity contribution in [3.8, 4) is 28.8 Å². The minimum atomic E-state index is -5.29. The highest BCUT2D eigenvalue weighted by atomic mass is 19.4. The average molecular weight is 581 g/mol. The molecule has 1 aliphatic rings. The molecule has 2 N–H and O–H groups in total. The van der Waals surface area contributed by atoms with Crippen molar-refractivity contribution in [2.24, 2.45) is 0 Å². The molecule has 0 fully saturated rings. The average Bonchev–Trinajstić information content (AvgIpc) is 3.30. The summed E-state index contributed by atoms with van der Waals surface area (Å²) < 4.78 is 68.7. The summed E-state index contributed by atoms with van der Waals surface area (Å²) in [5.41, 5.74) is -4.63. The Morgan fingerprint density at radius 3 is 2.62 bits per heavy atom. The highest BCUT2D eigenvalue weighted by molar-refractivity contribution is 5.99. The number of hydrogen-bond acceptors (Lipinski definition) is 7. The Bertz CT molecular complexity index is 1720. The minimum Gasteiger partial charge on any atom is -0.494 e. The molecule has 5 rings (SSSR count). The van der Waals surface area contributed by atoms with Gasteiger partial charge in [-0.1, -0.05) is 13.0 Å². The van der Waals surface area contributed by atoms with E-state index >= 15 is 0 Å². The number of fused-ring (bicyclic) bond motifs is 2. The van der Waals surface area contributed by atoms with E-state index < -0.39 is 41.2 Å². The summed E-state index contributed by atoms with van der Waals surface area (Å²) in [6, 6.07) is 14.0. The number of ether oxygens (including phenoxy) is 2. The van der Waals surface area contributed by atoms with Crippen LogP contribution in [0.1, 0.15) is 35.0 Å². The molecule has 1 amide bonds. The normalized spacial score (nSPS) is 17.6. The molecule has 1 aliphatic heterocycles. The van der Waals surface area contributed by atoms with E-state index in [1.54, 1.807) is 19.1 Å². The largest absolute Gasteiger partial charge is 0.494 e. The maximum Gasteiger partial charge on any atom is 0.424 e. The fourth-order valence-corrected chi connectivity index (χ4v) is 4.86. The number of carbonyl (C=O) groups is 1. The summed E-state index contributed by atoms with van der Waals surface area (Å²) in [6.07, 6.45) is -3.85. The number of methoxy groups -OCH3 is 1. The first-order valence-electron chi connectivity index (χ1n) is 12.7. The first-order valence-corrected chi connectivity index (χ1v) is 12.7. The van der Waals surface area contributed by atoms with E-state index in [1.165, 1.54) is 37.6 Å². The fraction of sp³-hybridized carbons (Fsp3) is 0.267. The second-order valence-electron chi connectivity index (χ2n) is 10.2. The number of amides is 1. The second kappa shape index (κ2) is 10.6. The standard InChI is InChI=1S/C30H24F4N4O4/c1-28(9-10-35)16-42-26-21(28)14-23(38-25(26)17-5-7-20(31)8-6-17)29(40,30(32,33)34)15-37-27(39)19-12-18-4-3-11-36-24(18)22(13-19)41-2/h3-8,11-14,40H,9,15-16H2,1-2H3,(H,37,39)/t28-,29?/m0/s1. The second-order valence-corrected chi connectivity index (χ2v) is 10.2. The molecular formula is C30H24F4N4O4. The highest BCUT2D eigenvalue weighted by Gasteiger charge is 2.57. The summed E-state index contributed by atoms with van der Waals surface area (Å²) >= 11 is 0. The molecule has 2 aromatic heterocycles. The monoisotopic (exact) mass is 580 g/mol. The van der Waals surface area contributed by atoms with Crippen LogP contribution in [0.25, 0.3) is 22.2 Å². The highest BCUT2D eigenvalue weighted by Crippen LogP contribution is 2.48. The Hall–Kier alpha value is -4.76. The van der Waals surface area contributed by atoms with Crippen LogP contribution < -0.4 is 14.8 Å². The number of halogens is 4. The van der Waals surface area contributed by atoms with Gasteiger partial charge in [-0.3, -0.25) is 9.78 Å². The van der Waals surface area contributed by atoms with Gasteiger partial charge in [0.15, 0.2) is 0 Å². The molecule has 3 heterocycles. The molecule has 8 nitrogen and oxygen atoms in total. The van der Waals surface area contributed by atoms with Gasteiger partial charge in [-0.25, -0.2) is 9.37 Å². The van der Waals surface area contributed by atoms with Crippen LogP contribution in [0.15, 0.2) is 60.8 Å². The van der Waals surface area contributed by atoms with Gasteiger partial charge in [0.1, 0.15) is 28.5 Å². The predicted octanol–water partition coefficient (Wildman–Crippen LogP) is 5.19. The predicted molar refractivity (Wildman–Crippen MR) is 143 cm³/mol. The molecule has 2 aromatic carbocycles. The third kappa shape index (κ3) is 4.96. The van der Waals surface area contributed by atoms with Crippen molar-refractivity contribution in [1.82, 2.24) is 15.3 Å². The van der Waals surface area contributed by atoms with Crippen molar-refractivity contribution < 1.29 is 36.9 Å². The zero-order chi connectivity index (χ0) is 30.3. The van der Waals surface area contributed by atoms with Crippen LogP contribution in [0, 0.1) is 17.1 Å². The molecule has 12 heteroatoms. The van der Waals surface area contributed by atoms with Gasteiger partial charge < -0.3 is 19.9 Å². The first kappa shape index (κ1) is 28.8. The molecular weight excluding hydrogens is 556 g/mol. The smallest absolute Gasteiger partial charge is 0.424 e. The van der Waals surface area contributed by atoms with Crippen LogP contribution in [0.5, 0.6) is 11.5 Å². The van der Waals surface area contributed by atoms with E-state index in [0.29, 0.717) is 10.9 Å². The van der Waals surface area contributed by atoms with Crippen molar-refractivity contribution in [2.45, 2.75) is 30.5 Å². The molecule has 0 saturated carbocycles. The van der Waals surface area contributed by atoms with Crippen molar-refractivity contribution in [3.05, 3.63) is 83.4 Å². The van der Waals surface area contributed by atoms with Gasteiger partial charge in [-0.15, -0.1) is 0 Å². The third-order valence-corrected chi connectivity index (χ3v) is 7.29. The zero-order valence-corrected chi connectivity index (χ0v) is 22.4. The minimum absolute atomic E-state index is 0.0132. The van der Waals surface area contributed by atoms with Crippen LogP contribution in [0.3, 0.4) is 0 Å². The summed E-state index contributed by atoms with van der Waals surface area (Å²) in [6.45, 7) is 0.346. The van der Waals surface area contributed by atoms with Crippen molar-refractivity contribution in [1.29, 1.82) is 5.26 Å². The van der Waals surface area contributed by atoms with E-state index in [9.17, 15) is 32.7 Å². The van der Waals surface area contributed by atoms with Gasteiger partial charge >= 0.3 is 6.18 Å². The van der Waals surface area contributed by atoms with E-state index in [0.717, 1.165) is 18.2 Å². The van der Waals surface area contributed by atoms with E-state index in [-0.39, 0.29) is 46.9 Å². The van der Waals surface area contributed by atoms with Gasteiger partial charge in [-0.2, -0.15) is 18.4 Å². The van der Waals surface area contributed by atoms with Crippen molar-refractivity contribution in [3.63, 3.8) is 0 Å². The number of aliphatic hydroxyl groups is 1. The lowest BCUT2D eigenvalue weighted by Gasteiger charge is -2.31. The number of benzene rings is 2. The van der Waals surface area contributed by atoms with Gasteiger partial charge in [0.25, 0.3) is 5.91 Å². The van der Waals surface area contributed by atoms with Crippen molar-refractivity contribution >= 4 is 16.8 Å². The molecule has 0 spiro atoms. The number of carbonyl (C=O) groups excluding carboxylic acids is 1. The number of alkyl halides is 3. The van der Waals surface area contributed by atoms with Gasteiger partial charge in [-0.05, 0) is 48.5 Å². The number of pyridine rings is 2. The molecule has 0 saturated heterocycles. The zero-order valence-electron chi connectivity index (χ0n) is 22.4.